The van der Waals surface area contributed by atoms with Gasteiger partial charge in [-0.3, -0.25) is 0 Å². The molecular formula is C10H22N2. The van der Waals surface area contributed by atoms with Crippen molar-refractivity contribution < 1.29 is 0 Å². The van der Waals surface area contributed by atoms with E-state index in [1.165, 1.54) is 32.1 Å². The van der Waals surface area contributed by atoms with Crippen molar-refractivity contribution in [2.45, 2.75) is 63.5 Å². The van der Waals surface area contributed by atoms with Gasteiger partial charge in [-0.1, -0.05) is 26.2 Å². The Labute approximate surface area is 75.7 Å². The average Bonchev–Trinajstić information content (AvgIpc) is 2.05. The Balaban J connectivity index is 2.35. The smallest absolute Gasteiger partial charge is 0.0169 e. The molecule has 1 saturated carbocycles. The number of rotatable bonds is 3. The zero-order chi connectivity index (χ0) is 9.03. The van der Waals surface area contributed by atoms with Gasteiger partial charge in [0, 0.05) is 11.6 Å². The first-order valence-corrected chi connectivity index (χ1v) is 5.21. The van der Waals surface area contributed by atoms with Crippen LogP contribution in [-0.4, -0.2) is 11.6 Å². The fraction of sp³-hybridized carbons (Fsp3) is 1.00. The van der Waals surface area contributed by atoms with Crippen LogP contribution in [0.5, 0.6) is 0 Å². The summed E-state index contributed by atoms with van der Waals surface area (Å²) in [4.78, 5) is 0. The molecule has 1 aliphatic carbocycles. The standard InChI is InChI=1S/C10H22N2/c1-2-9(11)8-10(12)6-4-3-5-7-10/h9H,2-8,11-12H2,1H3. The zero-order valence-corrected chi connectivity index (χ0v) is 8.18. The van der Waals surface area contributed by atoms with Crippen molar-refractivity contribution in [3.05, 3.63) is 0 Å². The maximum Gasteiger partial charge on any atom is 0.0169 e. The highest BCUT2D eigenvalue weighted by molar-refractivity contribution is 4.89. The Morgan fingerprint density at radius 1 is 1.25 bits per heavy atom. The first kappa shape index (κ1) is 10.0. The lowest BCUT2D eigenvalue weighted by atomic mass is 9.78. The highest BCUT2D eigenvalue weighted by Gasteiger charge is 2.28. The predicted octanol–water partition coefficient (Wildman–Crippen LogP) is 1.78. The summed E-state index contributed by atoms with van der Waals surface area (Å²) in [5, 5.41) is 0. The molecule has 0 heterocycles. The van der Waals surface area contributed by atoms with Gasteiger partial charge in [-0.15, -0.1) is 0 Å². The summed E-state index contributed by atoms with van der Waals surface area (Å²) in [5.74, 6) is 0. The molecule has 2 heteroatoms. The number of hydrogen-bond donors (Lipinski definition) is 2. The Bertz CT molecular complexity index is 128. The van der Waals surface area contributed by atoms with Crippen LogP contribution in [0, 0.1) is 0 Å². The van der Waals surface area contributed by atoms with Gasteiger partial charge < -0.3 is 11.5 Å². The quantitative estimate of drug-likeness (QED) is 0.678. The van der Waals surface area contributed by atoms with Crippen LogP contribution in [-0.2, 0) is 0 Å². The Hall–Kier alpha value is -0.0800. The van der Waals surface area contributed by atoms with Crippen molar-refractivity contribution >= 4 is 0 Å². The van der Waals surface area contributed by atoms with E-state index in [0.717, 1.165) is 12.8 Å². The molecule has 1 rings (SSSR count). The summed E-state index contributed by atoms with van der Waals surface area (Å²) in [7, 11) is 0. The molecule has 0 aliphatic heterocycles. The van der Waals surface area contributed by atoms with Gasteiger partial charge in [-0.25, -0.2) is 0 Å². The monoisotopic (exact) mass is 170 g/mol. The molecular weight excluding hydrogens is 148 g/mol. The van der Waals surface area contributed by atoms with E-state index in [1.807, 2.05) is 0 Å². The second-order valence-electron chi connectivity index (χ2n) is 4.30. The zero-order valence-electron chi connectivity index (χ0n) is 8.18. The van der Waals surface area contributed by atoms with Gasteiger partial charge in [0.1, 0.15) is 0 Å². The third-order valence-electron chi connectivity index (χ3n) is 3.04. The topological polar surface area (TPSA) is 52.0 Å². The third kappa shape index (κ3) is 2.76. The molecule has 0 bridgehead atoms. The van der Waals surface area contributed by atoms with E-state index >= 15 is 0 Å². The van der Waals surface area contributed by atoms with Crippen molar-refractivity contribution in [1.82, 2.24) is 0 Å². The lowest BCUT2D eigenvalue weighted by Crippen LogP contribution is -2.46. The lowest BCUT2D eigenvalue weighted by Gasteiger charge is -2.35. The summed E-state index contributed by atoms with van der Waals surface area (Å²) in [6, 6.07) is 0.313. The van der Waals surface area contributed by atoms with Crippen molar-refractivity contribution in [2.24, 2.45) is 11.5 Å². The van der Waals surface area contributed by atoms with Crippen LogP contribution in [0.25, 0.3) is 0 Å². The number of nitrogens with two attached hydrogens (primary N) is 2. The molecule has 4 N–H and O–H groups in total. The minimum absolute atomic E-state index is 0.0771. The Kier molecular flexibility index (Phi) is 3.53. The van der Waals surface area contributed by atoms with E-state index in [4.69, 9.17) is 11.5 Å². The highest BCUT2D eigenvalue weighted by atomic mass is 14.8. The highest BCUT2D eigenvalue weighted by Crippen LogP contribution is 2.29. The van der Waals surface area contributed by atoms with E-state index < -0.39 is 0 Å². The van der Waals surface area contributed by atoms with Crippen molar-refractivity contribution in [3.8, 4) is 0 Å². The minimum Gasteiger partial charge on any atom is -0.328 e. The molecule has 0 aromatic rings. The second kappa shape index (κ2) is 4.24. The summed E-state index contributed by atoms with van der Waals surface area (Å²) < 4.78 is 0. The fourth-order valence-electron chi connectivity index (χ4n) is 2.13. The van der Waals surface area contributed by atoms with Crippen LogP contribution < -0.4 is 11.5 Å². The van der Waals surface area contributed by atoms with Gasteiger partial charge >= 0.3 is 0 Å². The molecule has 1 unspecified atom stereocenters. The summed E-state index contributed by atoms with van der Waals surface area (Å²) in [6.07, 6.45) is 8.39. The van der Waals surface area contributed by atoms with Crippen molar-refractivity contribution in [2.75, 3.05) is 0 Å². The minimum atomic E-state index is 0.0771. The molecule has 12 heavy (non-hydrogen) atoms. The van der Waals surface area contributed by atoms with Crippen LogP contribution in [0.3, 0.4) is 0 Å². The maximum atomic E-state index is 6.26. The van der Waals surface area contributed by atoms with Crippen LogP contribution in [0.1, 0.15) is 51.9 Å². The summed E-state index contributed by atoms with van der Waals surface area (Å²) in [5.41, 5.74) is 12.2. The van der Waals surface area contributed by atoms with Gasteiger partial charge in [0.25, 0.3) is 0 Å². The summed E-state index contributed by atoms with van der Waals surface area (Å²) >= 11 is 0. The summed E-state index contributed by atoms with van der Waals surface area (Å²) in [6.45, 7) is 2.14. The molecule has 0 aromatic carbocycles. The Morgan fingerprint density at radius 2 is 1.83 bits per heavy atom. The molecule has 1 aliphatic rings. The van der Waals surface area contributed by atoms with Crippen LogP contribution >= 0.6 is 0 Å². The molecule has 1 fully saturated rings. The molecule has 0 spiro atoms. The molecule has 0 amide bonds. The lowest BCUT2D eigenvalue weighted by molar-refractivity contribution is 0.259. The average molecular weight is 170 g/mol. The SMILES string of the molecule is CCC(N)CC1(N)CCCCC1. The van der Waals surface area contributed by atoms with Gasteiger partial charge in [0.2, 0.25) is 0 Å². The molecule has 0 aromatic heterocycles. The van der Waals surface area contributed by atoms with E-state index in [0.29, 0.717) is 6.04 Å². The molecule has 0 saturated heterocycles. The number of hydrogen-bond acceptors (Lipinski definition) is 2. The first-order valence-electron chi connectivity index (χ1n) is 5.21. The largest absolute Gasteiger partial charge is 0.328 e. The first-order chi connectivity index (χ1) is 5.66. The normalized spacial score (nSPS) is 25.2. The van der Waals surface area contributed by atoms with Gasteiger partial charge in [0.15, 0.2) is 0 Å². The second-order valence-corrected chi connectivity index (χ2v) is 4.30. The predicted molar refractivity (Wildman–Crippen MR) is 52.9 cm³/mol. The van der Waals surface area contributed by atoms with Crippen molar-refractivity contribution in [3.63, 3.8) is 0 Å². The van der Waals surface area contributed by atoms with E-state index in [-0.39, 0.29) is 5.54 Å². The van der Waals surface area contributed by atoms with E-state index in [2.05, 4.69) is 6.92 Å². The Morgan fingerprint density at radius 3 is 2.33 bits per heavy atom. The van der Waals surface area contributed by atoms with Gasteiger partial charge in [-0.05, 0) is 25.7 Å². The van der Waals surface area contributed by atoms with Gasteiger partial charge in [-0.2, -0.15) is 0 Å². The van der Waals surface area contributed by atoms with Gasteiger partial charge in [0.05, 0.1) is 0 Å². The molecule has 2 nitrogen and oxygen atoms in total. The molecule has 1 atom stereocenters. The van der Waals surface area contributed by atoms with E-state index in [1.54, 1.807) is 0 Å². The molecule has 0 radical (unpaired) electrons. The van der Waals surface area contributed by atoms with Crippen molar-refractivity contribution in [1.29, 1.82) is 0 Å². The third-order valence-corrected chi connectivity index (χ3v) is 3.04. The maximum absolute atomic E-state index is 6.26. The van der Waals surface area contributed by atoms with Crippen LogP contribution in [0.4, 0.5) is 0 Å². The fourth-order valence-corrected chi connectivity index (χ4v) is 2.13. The van der Waals surface area contributed by atoms with Crippen LogP contribution in [0.2, 0.25) is 0 Å². The van der Waals surface area contributed by atoms with E-state index in [9.17, 15) is 0 Å². The van der Waals surface area contributed by atoms with Crippen LogP contribution in [0.15, 0.2) is 0 Å². The molecule has 72 valence electrons.